The van der Waals surface area contributed by atoms with Crippen molar-refractivity contribution >= 4 is 29.7 Å². The highest BCUT2D eigenvalue weighted by Gasteiger charge is 2.30. The van der Waals surface area contributed by atoms with Gasteiger partial charge >= 0.3 is 6.09 Å². The number of aliphatic hydroxyl groups excluding tert-OH is 1. The topological polar surface area (TPSA) is 189 Å². The summed E-state index contributed by atoms with van der Waals surface area (Å²) in [5.41, 5.74) is 6.16. The molecule has 0 spiro atoms. The molecule has 1 aromatic carbocycles. The first-order chi connectivity index (χ1) is 17.8. The van der Waals surface area contributed by atoms with Gasteiger partial charge in [-0.15, -0.1) is 0 Å². The average molecular weight is 536 g/mol. The molecule has 12 heteroatoms. The summed E-state index contributed by atoms with van der Waals surface area (Å²) in [5.74, 6) is -2.59. The van der Waals surface area contributed by atoms with E-state index in [1.807, 2.05) is 33.8 Å². The molecule has 0 heterocycles. The number of rotatable bonds is 15. The summed E-state index contributed by atoms with van der Waals surface area (Å²) in [5, 5.41) is 19.4. The van der Waals surface area contributed by atoms with Crippen molar-refractivity contribution in [2.45, 2.75) is 78.2 Å². The smallest absolute Gasteiger partial charge is 0.408 e. The number of carbonyl (C=O) groups excluding carboxylic acids is 5. The normalized spacial score (nSPS) is 14.1. The van der Waals surface area contributed by atoms with Crippen LogP contribution in [-0.4, -0.2) is 65.6 Å². The maximum Gasteiger partial charge on any atom is 0.408 e. The van der Waals surface area contributed by atoms with Crippen LogP contribution in [0.5, 0.6) is 0 Å². The van der Waals surface area contributed by atoms with Gasteiger partial charge in [0.15, 0.2) is 0 Å². The number of primary amides is 1. The van der Waals surface area contributed by atoms with Gasteiger partial charge in [-0.1, -0.05) is 58.0 Å². The number of hydrogen-bond donors (Lipinski definition) is 6. The van der Waals surface area contributed by atoms with Gasteiger partial charge in [0, 0.05) is 0 Å². The molecule has 0 radical (unpaired) electrons. The number of nitrogens with one attached hydrogen (secondary N) is 4. The SMILES string of the molecule is CC(C)C[C@H](NC(=O)[C@H](CC(C)C)NC(=O)[C@H](C)NC(=O)[C@H](CO)NC(=O)OCc1ccccc1)C(N)=O. The molecule has 0 unspecified atom stereocenters. The van der Waals surface area contributed by atoms with Gasteiger partial charge in [0.2, 0.25) is 23.6 Å². The van der Waals surface area contributed by atoms with Gasteiger partial charge in [0.1, 0.15) is 30.8 Å². The number of hydrogen-bond acceptors (Lipinski definition) is 7. The number of carbonyl (C=O) groups is 5. The Hall–Kier alpha value is -3.67. The third-order valence-corrected chi connectivity index (χ3v) is 5.46. The maximum atomic E-state index is 12.9. The van der Waals surface area contributed by atoms with Crippen LogP contribution >= 0.6 is 0 Å². The molecule has 0 aromatic heterocycles. The molecule has 4 atom stereocenters. The summed E-state index contributed by atoms with van der Waals surface area (Å²) in [6.07, 6.45) is -0.294. The largest absolute Gasteiger partial charge is 0.445 e. The molecular weight excluding hydrogens is 494 g/mol. The molecule has 212 valence electrons. The molecule has 38 heavy (non-hydrogen) atoms. The first-order valence-electron chi connectivity index (χ1n) is 12.6. The van der Waals surface area contributed by atoms with E-state index in [0.29, 0.717) is 6.42 Å². The summed E-state index contributed by atoms with van der Waals surface area (Å²) in [6, 6.07) is 4.56. The number of aliphatic hydroxyl groups is 1. The molecule has 0 aliphatic heterocycles. The van der Waals surface area contributed by atoms with E-state index < -0.39 is 60.5 Å². The van der Waals surface area contributed by atoms with E-state index in [4.69, 9.17) is 10.5 Å². The van der Waals surface area contributed by atoms with Gasteiger partial charge in [-0.05, 0) is 37.2 Å². The van der Waals surface area contributed by atoms with Crippen LogP contribution < -0.4 is 27.0 Å². The molecule has 0 fully saturated rings. The highest BCUT2D eigenvalue weighted by Crippen LogP contribution is 2.09. The Morgan fingerprint density at radius 3 is 1.82 bits per heavy atom. The van der Waals surface area contributed by atoms with Crippen LogP contribution in [0.25, 0.3) is 0 Å². The molecule has 0 bridgehead atoms. The predicted molar refractivity (Wildman–Crippen MR) is 140 cm³/mol. The van der Waals surface area contributed by atoms with E-state index in [1.54, 1.807) is 24.3 Å². The number of ether oxygens (including phenoxy) is 1. The molecule has 0 saturated carbocycles. The van der Waals surface area contributed by atoms with E-state index in [1.165, 1.54) is 6.92 Å². The second-order valence-electron chi connectivity index (χ2n) is 9.96. The standard InChI is InChI=1S/C26H41N5O7/c1-15(2)11-19(22(27)33)29-24(35)20(12-16(3)4)30-23(34)17(5)28-25(36)21(13-32)31-26(37)38-14-18-9-7-6-8-10-18/h6-10,15-17,19-21,32H,11-14H2,1-5H3,(H2,27,33)(H,28,36)(H,29,35)(H,30,34)(H,31,37)/t17-,19-,20-,21-/m0/s1. The summed E-state index contributed by atoms with van der Waals surface area (Å²) in [4.78, 5) is 62.1. The fourth-order valence-corrected chi connectivity index (χ4v) is 3.47. The maximum absolute atomic E-state index is 12.9. The van der Waals surface area contributed by atoms with Crippen LogP contribution in [-0.2, 0) is 30.5 Å². The van der Waals surface area contributed by atoms with Crippen LogP contribution in [0.1, 0.15) is 53.0 Å². The van der Waals surface area contributed by atoms with Gasteiger partial charge < -0.3 is 36.8 Å². The van der Waals surface area contributed by atoms with E-state index in [2.05, 4.69) is 21.3 Å². The molecule has 1 aromatic rings. The van der Waals surface area contributed by atoms with Crippen molar-refractivity contribution in [2.75, 3.05) is 6.61 Å². The van der Waals surface area contributed by atoms with Gasteiger partial charge in [-0.2, -0.15) is 0 Å². The lowest BCUT2D eigenvalue weighted by atomic mass is 10.00. The Kier molecular flexibility index (Phi) is 13.8. The van der Waals surface area contributed by atoms with Crippen molar-refractivity contribution in [3.8, 4) is 0 Å². The Morgan fingerprint density at radius 1 is 0.763 bits per heavy atom. The third kappa shape index (κ3) is 12.0. The lowest BCUT2D eigenvalue weighted by Gasteiger charge is -2.25. The summed E-state index contributed by atoms with van der Waals surface area (Å²) in [6.45, 7) is 8.14. The van der Waals surface area contributed by atoms with Crippen molar-refractivity contribution in [2.24, 2.45) is 17.6 Å². The zero-order valence-electron chi connectivity index (χ0n) is 22.7. The highest BCUT2D eigenvalue weighted by molar-refractivity contribution is 5.94. The van der Waals surface area contributed by atoms with Crippen LogP contribution in [0.3, 0.4) is 0 Å². The van der Waals surface area contributed by atoms with E-state index in [9.17, 15) is 29.1 Å². The van der Waals surface area contributed by atoms with Gasteiger partial charge in [0.25, 0.3) is 0 Å². The summed E-state index contributed by atoms with van der Waals surface area (Å²) in [7, 11) is 0. The van der Waals surface area contributed by atoms with E-state index >= 15 is 0 Å². The first kappa shape index (κ1) is 32.4. The number of amides is 5. The van der Waals surface area contributed by atoms with Crippen LogP contribution in [0, 0.1) is 11.8 Å². The van der Waals surface area contributed by atoms with E-state index in [0.717, 1.165) is 5.56 Å². The van der Waals surface area contributed by atoms with Gasteiger partial charge in [0.05, 0.1) is 6.61 Å². The second kappa shape index (κ2) is 16.2. The molecule has 0 aliphatic carbocycles. The molecule has 1 rings (SSSR count). The molecule has 0 saturated heterocycles. The average Bonchev–Trinajstić information content (AvgIpc) is 2.84. The Bertz CT molecular complexity index is 939. The van der Waals surface area contributed by atoms with Crippen molar-refractivity contribution in [1.82, 2.24) is 21.3 Å². The highest BCUT2D eigenvalue weighted by atomic mass is 16.5. The van der Waals surface area contributed by atoms with Crippen molar-refractivity contribution in [1.29, 1.82) is 0 Å². The van der Waals surface area contributed by atoms with Crippen molar-refractivity contribution in [3.05, 3.63) is 35.9 Å². The lowest BCUT2D eigenvalue weighted by molar-refractivity contribution is -0.134. The minimum absolute atomic E-state index is 0.0259. The molecular formula is C26H41N5O7. The predicted octanol–water partition coefficient (Wildman–Crippen LogP) is 0.326. The van der Waals surface area contributed by atoms with Crippen molar-refractivity contribution < 1.29 is 33.8 Å². The quantitative estimate of drug-likeness (QED) is 0.186. The fourth-order valence-electron chi connectivity index (χ4n) is 3.47. The molecule has 5 amide bonds. The van der Waals surface area contributed by atoms with Crippen LogP contribution in [0.15, 0.2) is 30.3 Å². The lowest BCUT2D eigenvalue weighted by Crippen LogP contribution is -2.58. The number of alkyl carbamates (subject to hydrolysis) is 1. The molecule has 0 aliphatic rings. The summed E-state index contributed by atoms with van der Waals surface area (Å²) >= 11 is 0. The Balaban J connectivity index is 2.72. The minimum atomic E-state index is -1.37. The monoisotopic (exact) mass is 535 g/mol. The van der Waals surface area contributed by atoms with Crippen molar-refractivity contribution in [3.63, 3.8) is 0 Å². The minimum Gasteiger partial charge on any atom is -0.445 e. The van der Waals surface area contributed by atoms with Crippen LogP contribution in [0.4, 0.5) is 4.79 Å². The van der Waals surface area contributed by atoms with Gasteiger partial charge in [-0.3, -0.25) is 19.2 Å². The first-order valence-corrected chi connectivity index (χ1v) is 12.6. The second-order valence-corrected chi connectivity index (χ2v) is 9.96. The Labute approximate surface area is 223 Å². The number of benzene rings is 1. The molecule has 12 nitrogen and oxygen atoms in total. The van der Waals surface area contributed by atoms with E-state index in [-0.39, 0.29) is 24.9 Å². The Morgan fingerprint density at radius 2 is 1.29 bits per heavy atom. The van der Waals surface area contributed by atoms with Crippen LogP contribution in [0.2, 0.25) is 0 Å². The summed E-state index contributed by atoms with van der Waals surface area (Å²) < 4.78 is 5.05. The zero-order chi connectivity index (χ0) is 28.8. The van der Waals surface area contributed by atoms with Gasteiger partial charge in [-0.25, -0.2) is 4.79 Å². The fraction of sp³-hybridized carbons (Fsp3) is 0.577. The number of nitrogens with two attached hydrogens (primary N) is 1. The molecule has 7 N–H and O–H groups in total. The third-order valence-electron chi connectivity index (χ3n) is 5.46. The zero-order valence-corrected chi connectivity index (χ0v) is 22.7.